The minimum atomic E-state index is -0.0979. The second-order valence-electron chi connectivity index (χ2n) is 13.5. The van der Waals surface area contributed by atoms with Crippen LogP contribution in [0, 0.1) is 0 Å². The van der Waals surface area contributed by atoms with Gasteiger partial charge in [0, 0.05) is 16.5 Å². The van der Waals surface area contributed by atoms with Crippen molar-refractivity contribution >= 4 is 45.3 Å². The van der Waals surface area contributed by atoms with E-state index in [9.17, 15) is 0 Å². The predicted octanol–water partition coefficient (Wildman–Crippen LogP) is 11.5. The number of rotatable bonds is 5. The van der Waals surface area contributed by atoms with Gasteiger partial charge in [0.05, 0.1) is 28.5 Å². The lowest BCUT2D eigenvalue weighted by Gasteiger charge is -2.38. The molecule has 2 unspecified atom stereocenters. The number of fused-ring (bicyclic) bond motifs is 5. The Morgan fingerprint density at radius 1 is 0.500 bits per heavy atom. The number of nitrogens with zero attached hydrogens (tertiary/aromatic N) is 2. The highest BCUT2D eigenvalue weighted by molar-refractivity contribution is 6.16. The first-order valence-corrected chi connectivity index (χ1v) is 17.9. The van der Waals surface area contributed by atoms with Crippen LogP contribution in [0.25, 0.3) is 50.8 Å². The third-order valence-electron chi connectivity index (χ3n) is 10.4. The molecule has 0 spiro atoms. The maximum absolute atomic E-state index is 3.93. The van der Waals surface area contributed by atoms with E-state index in [1.54, 1.807) is 0 Å². The van der Waals surface area contributed by atoms with E-state index in [0.29, 0.717) is 0 Å². The van der Waals surface area contributed by atoms with Crippen LogP contribution in [-0.4, -0.2) is 4.57 Å². The lowest BCUT2D eigenvalue weighted by molar-refractivity contribution is 0.413. The maximum atomic E-state index is 3.93. The molecule has 7 aromatic carbocycles. The summed E-state index contributed by atoms with van der Waals surface area (Å²) in [5.74, 6) is 1.04. The van der Waals surface area contributed by atoms with Gasteiger partial charge in [-0.05, 0) is 75.9 Å². The van der Waals surface area contributed by atoms with Crippen LogP contribution in [0.4, 0.5) is 11.4 Å². The largest absolute Gasteiger partial charge is 0.352 e. The smallest absolute Gasteiger partial charge is 0.110 e. The van der Waals surface area contributed by atoms with Crippen LogP contribution >= 0.6 is 0 Å². The SMILES string of the molecule is C1=Cc2ccc(-c3cccc4c3c3ccccc3n4-c3ccccc3)cc2N(C2=CC(c3ccccc3)NC(c3ccccc3)N2)c2ccccc21. The van der Waals surface area contributed by atoms with Crippen LogP contribution in [0.5, 0.6) is 0 Å². The Bertz CT molecular complexity index is 2640. The van der Waals surface area contributed by atoms with Crippen molar-refractivity contribution in [2.45, 2.75) is 12.2 Å². The maximum Gasteiger partial charge on any atom is 0.110 e. The third kappa shape index (κ3) is 5.12. The molecule has 2 aliphatic heterocycles. The van der Waals surface area contributed by atoms with Crippen molar-refractivity contribution in [3.05, 3.63) is 210 Å². The van der Waals surface area contributed by atoms with Crippen molar-refractivity contribution in [3.8, 4) is 16.8 Å². The highest BCUT2D eigenvalue weighted by Crippen LogP contribution is 2.44. The monoisotopic (exact) mass is 668 g/mol. The Hall–Kier alpha value is -6.62. The topological polar surface area (TPSA) is 32.2 Å². The van der Waals surface area contributed by atoms with Gasteiger partial charge in [0.25, 0.3) is 0 Å². The van der Waals surface area contributed by atoms with Crippen LogP contribution in [0.1, 0.15) is 34.5 Å². The van der Waals surface area contributed by atoms with Crippen molar-refractivity contribution in [2.24, 2.45) is 0 Å². The molecule has 248 valence electrons. The second kappa shape index (κ2) is 12.6. The van der Waals surface area contributed by atoms with Crippen LogP contribution in [0.15, 0.2) is 188 Å². The second-order valence-corrected chi connectivity index (χ2v) is 13.5. The normalized spacial score (nSPS) is 16.5. The highest BCUT2D eigenvalue weighted by atomic mass is 15.3. The summed E-state index contributed by atoms with van der Waals surface area (Å²) in [6, 6.07) is 63.2. The van der Waals surface area contributed by atoms with E-state index in [-0.39, 0.29) is 12.2 Å². The minimum absolute atomic E-state index is 0.00414. The molecule has 2 atom stereocenters. The average molecular weight is 669 g/mol. The number of benzene rings is 7. The number of aromatic nitrogens is 1. The molecule has 3 heterocycles. The van der Waals surface area contributed by atoms with Gasteiger partial charge >= 0.3 is 0 Å². The number of hydrogen-bond donors (Lipinski definition) is 2. The zero-order valence-electron chi connectivity index (χ0n) is 28.5. The highest BCUT2D eigenvalue weighted by Gasteiger charge is 2.30. The molecule has 2 aliphatic rings. The Morgan fingerprint density at radius 2 is 1.15 bits per heavy atom. The number of hydrogen-bond acceptors (Lipinski definition) is 3. The third-order valence-corrected chi connectivity index (χ3v) is 10.4. The summed E-state index contributed by atoms with van der Waals surface area (Å²) in [7, 11) is 0. The average Bonchev–Trinajstić information content (AvgIpc) is 3.47. The Balaban J connectivity index is 1.18. The van der Waals surface area contributed by atoms with Crippen molar-refractivity contribution < 1.29 is 0 Å². The lowest BCUT2D eigenvalue weighted by Crippen LogP contribution is -2.44. The van der Waals surface area contributed by atoms with E-state index < -0.39 is 0 Å². The van der Waals surface area contributed by atoms with Gasteiger partial charge in [-0.2, -0.15) is 0 Å². The fourth-order valence-corrected chi connectivity index (χ4v) is 8.00. The standard InChI is InChI=1S/C48H36N4/c1-4-15-33(16-5-1)41-32-46(50-48(49-41)36-18-6-2-7-19-36)52-42-24-12-10-17-34(42)27-28-35-29-30-37(31-45(35)52)39-23-14-26-44-47(39)40-22-11-13-25-43(40)51(44)38-20-8-3-9-21-38/h1-32,41,48-50H. The van der Waals surface area contributed by atoms with E-state index in [1.807, 2.05) is 0 Å². The van der Waals surface area contributed by atoms with Crippen LogP contribution in [-0.2, 0) is 0 Å². The molecule has 0 amide bonds. The number of anilines is 2. The van der Waals surface area contributed by atoms with Gasteiger partial charge in [-0.15, -0.1) is 0 Å². The Kier molecular flexibility index (Phi) is 7.33. The molecule has 0 saturated carbocycles. The summed E-state index contributed by atoms with van der Waals surface area (Å²) in [6.45, 7) is 0. The molecule has 1 aromatic heterocycles. The van der Waals surface area contributed by atoms with Crippen molar-refractivity contribution in [1.29, 1.82) is 0 Å². The molecule has 0 bridgehead atoms. The van der Waals surface area contributed by atoms with Gasteiger partial charge in [-0.25, -0.2) is 0 Å². The summed E-state index contributed by atoms with van der Waals surface area (Å²) >= 11 is 0. The van der Waals surface area contributed by atoms with E-state index in [4.69, 9.17) is 0 Å². The van der Waals surface area contributed by atoms with Gasteiger partial charge in [-0.1, -0.05) is 152 Å². The first kappa shape index (κ1) is 30.2. The molecule has 0 aliphatic carbocycles. The Labute approximate surface area is 303 Å². The van der Waals surface area contributed by atoms with Gasteiger partial charge in [-0.3, -0.25) is 10.2 Å². The van der Waals surface area contributed by atoms with Crippen molar-refractivity contribution in [1.82, 2.24) is 15.2 Å². The molecule has 2 N–H and O–H groups in total. The minimum Gasteiger partial charge on any atom is -0.352 e. The van der Waals surface area contributed by atoms with E-state index in [0.717, 1.165) is 28.4 Å². The molecule has 4 nitrogen and oxygen atoms in total. The molecule has 0 fully saturated rings. The first-order valence-electron chi connectivity index (χ1n) is 17.9. The fraction of sp³-hybridized carbons (Fsp3) is 0.0417. The molecule has 10 rings (SSSR count). The lowest BCUT2D eigenvalue weighted by atomic mass is 9.97. The van der Waals surface area contributed by atoms with E-state index >= 15 is 0 Å². The summed E-state index contributed by atoms with van der Waals surface area (Å²) < 4.78 is 2.39. The zero-order chi connectivity index (χ0) is 34.4. The summed E-state index contributed by atoms with van der Waals surface area (Å²) in [6.07, 6.45) is 6.73. The summed E-state index contributed by atoms with van der Waals surface area (Å²) in [5.41, 5.74) is 12.9. The van der Waals surface area contributed by atoms with Crippen LogP contribution < -0.4 is 15.5 Å². The number of nitrogens with one attached hydrogen (secondary N) is 2. The number of para-hydroxylation sites is 3. The quantitative estimate of drug-likeness (QED) is 0.191. The summed E-state index contributed by atoms with van der Waals surface area (Å²) in [5, 5.41) is 10.3. The molecule has 0 saturated heterocycles. The van der Waals surface area contributed by atoms with E-state index in [2.05, 4.69) is 214 Å². The molecule has 0 radical (unpaired) electrons. The van der Waals surface area contributed by atoms with Gasteiger partial charge in [0.15, 0.2) is 0 Å². The van der Waals surface area contributed by atoms with Crippen molar-refractivity contribution in [2.75, 3.05) is 4.90 Å². The van der Waals surface area contributed by atoms with Crippen LogP contribution in [0.3, 0.4) is 0 Å². The molecule has 8 aromatic rings. The molecular weight excluding hydrogens is 633 g/mol. The van der Waals surface area contributed by atoms with Gasteiger partial charge in [0.2, 0.25) is 0 Å². The fourth-order valence-electron chi connectivity index (χ4n) is 8.00. The van der Waals surface area contributed by atoms with Crippen molar-refractivity contribution in [3.63, 3.8) is 0 Å². The molecular formula is C48H36N4. The van der Waals surface area contributed by atoms with Gasteiger partial charge in [0.1, 0.15) is 12.0 Å². The molecule has 52 heavy (non-hydrogen) atoms. The molecule has 4 heteroatoms. The summed E-state index contributed by atoms with van der Waals surface area (Å²) in [4.78, 5) is 2.42. The Morgan fingerprint density at radius 3 is 1.96 bits per heavy atom. The van der Waals surface area contributed by atoms with E-state index in [1.165, 1.54) is 49.6 Å². The first-order chi connectivity index (χ1) is 25.8. The predicted molar refractivity (Wildman–Crippen MR) is 216 cm³/mol. The van der Waals surface area contributed by atoms with Gasteiger partial charge < -0.3 is 9.88 Å². The van der Waals surface area contributed by atoms with Crippen LogP contribution in [0.2, 0.25) is 0 Å². The zero-order valence-corrected chi connectivity index (χ0v) is 28.5.